The molecule has 23 heavy (non-hydrogen) atoms. The SMILES string of the molecule is C=CCN(CC(F)(F)F)C(=O)CSc1ccc(C(C)=O)cc1F. The Morgan fingerprint density at radius 2 is 2.00 bits per heavy atom. The van der Waals surface area contributed by atoms with Crippen molar-refractivity contribution in [2.24, 2.45) is 0 Å². The van der Waals surface area contributed by atoms with Crippen molar-refractivity contribution < 1.29 is 27.2 Å². The molecule has 0 radical (unpaired) electrons. The van der Waals surface area contributed by atoms with Crippen LogP contribution >= 0.6 is 11.8 Å². The normalized spacial score (nSPS) is 11.2. The van der Waals surface area contributed by atoms with Crippen LogP contribution in [0.1, 0.15) is 17.3 Å². The summed E-state index contributed by atoms with van der Waals surface area (Å²) >= 11 is 0.777. The molecule has 3 nitrogen and oxygen atoms in total. The van der Waals surface area contributed by atoms with Crippen molar-refractivity contribution in [3.63, 3.8) is 0 Å². The predicted octanol–water partition coefficient (Wildman–Crippen LogP) is 3.70. The van der Waals surface area contributed by atoms with E-state index in [1.54, 1.807) is 0 Å². The molecule has 1 amide bonds. The molecule has 0 heterocycles. The number of thioether (sulfide) groups is 1. The Morgan fingerprint density at radius 3 is 2.48 bits per heavy atom. The highest BCUT2D eigenvalue weighted by atomic mass is 32.2. The second-order valence-electron chi connectivity index (χ2n) is 4.67. The number of carbonyl (C=O) groups is 2. The first kappa shape index (κ1) is 19.2. The Bertz CT molecular complexity index is 602. The van der Waals surface area contributed by atoms with Crippen LogP contribution in [0.3, 0.4) is 0 Å². The Labute approximate surface area is 135 Å². The summed E-state index contributed by atoms with van der Waals surface area (Å²) in [5.41, 5.74) is 0.184. The van der Waals surface area contributed by atoms with Crippen LogP contribution in [0.15, 0.2) is 35.7 Å². The van der Waals surface area contributed by atoms with Crippen LogP contribution in [0.25, 0.3) is 0 Å². The topological polar surface area (TPSA) is 37.4 Å². The maximum absolute atomic E-state index is 13.8. The Morgan fingerprint density at radius 1 is 1.35 bits per heavy atom. The van der Waals surface area contributed by atoms with E-state index in [1.807, 2.05) is 0 Å². The standard InChI is InChI=1S/C15H15F4NO2S/c1-3-6-20(9-15(17,18)19)14(22)8-23-13-5-4-11(10(2)21)7-12(13)16/h3-5,7H,1,6,8-9H2,2H3. The molecule has 0 aliphatic heterocycles. The van der Waals surface area contributed by atoms with E-state index >= 15 is 0 Å². The average Bonchev–Trinajstić information content (AvgIpc) is 2.43. The van der Waals surface area contributed by atoms with Gasteiger partial charge in [-0.15, -0.1) is 18.3 Å². The van der Waals surface area contributed by atoms with E-state index in [0.29, 0.717) is 4.90 Å². The molecule has 0 aliphatic rings. The molecular formula is C15H15F4NO2S. The van der Waals surface area contributed by atoms with E-state index < -0.39 is 24.4 Å². The van der Waals surface area contributed by atoms with E-state index in [4.69, 9.17) is 0 Å². The number of ketones is 1. The van der Waals surface area contributed by atoms with E-state index in [9.17, 15) is 27.2 Å². The minimum Gasteiger partial charge on any atom is -0.329 e. The van der Waals surface area contributed by atoms with Gasteiger partial charge in [0.15, 0.2) is 5.78 Å². The number of benzene rings is 1. The molecule has 0 atom stereocenters. The molecule has 0 saturated carbocycles. The molecular weight excluding hydrogens is 334 g/mol. The Balaban J connectivity index is 2.73. The molecule has 0 bridgehead atoms. The number of nitrogens with zero attached hydrogens (tertiary/aromatic N) is 1. The van der Waals surface area contributed by atoms with Crippen LogP contribution in [0, 0.1) is 5.82 Å². The Kier molecular flexibility index (Phi) is 6.80. The predicted molar refractivity (Wildman–Crippen MR) is 80.0 cm³/mol. The summed E-state index contributed by atoms with van der Waals surface area (Å²) in [5.74, 6) is -2.12. The monoisotopic (exact) mass is 349 g/mol. The van der Waals surface area contributed by atoms with Crippen molar-refractivity contribution in [3.05, 3.63) is 42.2 Å². The van der Waals surface area contributed by atoms with E-state index in [0.717, 1.165) is 17.8 Å². The molecule has 1 aromatic carbocycles. The first-order valence-corrected chi connectivity index (χ1v) is 7.51. The second-order valence-corrected chi connectivity index (χ2v) is 5.69. The lowest BCUT2D eigenvalue weighted by atomic mass is 10.1. The fourth-order valence-electron chi connectivity index (χ4n) is 1.69. The summed E-state index contributed by atoms with van der Waals surface area (Å²) in [7, 11) is 0. The summed E-state index contributed by atoms with van der Waals surface area (Å²) in [6, 6.07) is 3.76. The zero-order valence-electron chi connectivity index (χ0n) is 12.3. The summed E-state index contributed by atoms with van der Waals surface area (Å²) in [6.45, 7) is 2.97. The lowest BCUT2D eigenvalue weighted by molar-refractivity contribution is -0.158. The molecule has 0 aromatic heterocycles. The average molecular weight is 349 g/mol. The van der Waals surface area contributed by atoms with Gasteiger partial charge < -0.3 is 4.90 Å². The number of carbonyl (C=O) groups excluding carboxylic acids is 2. The van der Waals surface area contributed by atoms with Crippen LogP contribution in [-0.2, 0) is 4.79 Å². The molecule has 0 N–H and O–H groups in total. The third-order valence-electron chi connectivity index (χ3n) is 2.76. The molecule has 1 rings (SSSR count). The molecule has 0 unspecified atom stereocenters. The van der Waals surface area contributed by atoms with E-state index in [-0.39, 0.29) is 28.5 Å². The van der Waals surface area contributed by atoms with Crippen molar-refractivity contribution in [1.82, 2.24) is 4.90 Å². The van der Waals surface area contributed by atoms with Crippen LogP contribution in [0.5, 0.6) is 0 Å². The van der Waals surface area contributed by atoms with Gasteiger partial charge >= 0.3 is 6.18 Å². The van der Waals surface area contributed by atoms with Crippen molar-refractivity contribution in [1.29, 1.82) is 0 Å². The summed E-state index contributed by atoms with van der Waals surface area (Å²) < 4.78 is 51.0. The van der Waals surface area contributed by atoms with Gasteiger partial charge in [0.1, 0.15) is 12.4 Å². The minimum atomic E-state index is -4.52. The molecule has 8 heteroatoms. The van der Waals surface area contributed by atoms with Crippen molar-refractivity contribution in [2.45, 2.75) is 18.0 Å². The largest absolute Gasteiger partial charge is 0.406 e. The Hall–Kier alpha value is -1.83. The van der Waals surface area contributed by atoms with Crippen LogP contribution < -0.4 is 0 Å². The number of halogens is 4. The third-order valence-corrected chi connectivity index (χ3v) is 3.80. The number of hydrogen-bond donors (Lipinski definition) is 0. The minimum absolute atomic E-state index is 0.0916. The summed E-state index contributed by atoms with van der Waals surface area (Å²) in [4.78, 5) is 23.7. The van der Waals surface area contributed by atoms with Gasteiger partial charge in [0.25, 0.3) is 0 Å². The van der Waals surface area contributed by atoms with Gasteiger partial charge in [-0.1, -0.05) is 12.1 Å². The van der Waals surface area contributed by atoms with Gasteiger partial charge in [-0.2, -0.15) is 13.2 Å². The van der Waals surface area contributed by atoms with Gasteiger partial charge in [-0.3, -0.25) is 9.59 Å². The highest BCUT2D eigenvalue weighted by Gasteiger charge is 2.32. The van der Waals surface area contributed by atoms with Crippen LogP contribution in [-0.4, -0.2) is 41.6 Å². The number of hydrogen-bond acceptors (Lipinski definition) is 3. The van der Waals surface area contributed by atoms with Gasteiger partial charge in [0.2, 0.25) is 5.91 Å². The van der Waals surface area contributed by atoms with Crippen LogP contribution in [0.4, 0.5) is 17.6 Å². The van der Waals surface area contributed by atoms with Crippen molar-refractivity contribution in [3.8, 4) is 0 Å². The van der Waals surface area contributed by atoms with Gasteiger partial charge in [0, 0.05) is 17.0 Å². The summed E-state index contributed by atoms with van der Waals surface area (Å²) in [6.07, 6.45) is -3.33. The van der Waals surface area contributed by atoms with Gasteiger partial charge in [-0.05, 0) is 19.1 Å². The zero-order valence-corrected chi connectivity index (χ0v) is 13.1. The van der Waals surface area contributed by atoms with E-state index in [1.165, 1.54) is 25.1 Å². The van der Waals surface area contributed by atoms with Gasteiger partial charge in [-0.25, -0.2) is 4.39 Å². The molecule has 0 aliphatic carbocycles. The first-order valence-electron chi connectivity index (χ1n) is 6.52. The maximum atomic E-state index is 13.8. The highest BCUT2D eigenvalue weighted by Crippen LogP contribution is 2.24. The third kappa shape index (κ3) is 6.43. The maximum Gasteiger partial charge on any atom is 0.406 e. The highest BCUT2D eigenvalue weighted by molar-refractivity contribution is 8.00. The lowest BCUT2D eigenvalue weighted by Gasteiger charge is -2.22. The lowest BCUT2D eigenvalue weighted by Crippen LogP contribution is -2.40. The van der Waals surface area contributed by atoms with Crippen molar-refractivity contribution in [2.75, 3.05) is 18.8 Å². The molecule has 0 fully saturated rings. The van der Waals surface area contributed by atoms with E-state index in [2.05, 4.69) is 6.58 Å². The molecule has 1 aromatic rings. The first-order chi connectivity index (χ1) is 10.6. The van der Waals surface area contributed by atoms with Crippen LogP contribution in [0.2, 0.25) is 0 Å². The molecule has 126 valence electrons. The molecule has 0 spiro atoms. The summed E-state index contributed by atoms with van der Waals surface area (Å²) in [5, 5.41) is 0. The fraction of sp³-hybridized carbons (Fsp3) is 0.333. The second kappa shape index (κ2) is 8.14. The quantitative estimate of drug-likeness (QED) is 0.326. The number of amides is 1. The van der Waals surface area contributed by atoms with Gasteiger partial charge in [0.05, 0.1) is 5.75 Å². The molecule has 0 saturated heterocycles. The fourth-order valence-corrected chi connectivity index (χ4v) is 2.52. The number of alkyl halides is 3. The van der Waals surface area contributed by atoms with Crippen molar-refractivity contribution >= 4 is 23.5 Å². The zero-order chi connectivity index (χ0) is 17.6. The number of Topliss-reactive ketones (excluding diaryl/α,β-unsaturated/α-hetero) is 1. The number of rotatable bonds is 7. The smallest absolute Gasteiger partial charge is 0.329 e.